The first kappa shape index (κ1) is 58.4. The normalized spacial score (nSPS) is 12.2. The third kappa shape index (κ3) is 49.0. The Labute approximate surface area is 375 Å². The summed E-state index contributed by atoms with van der Waals surface area (Å²) < 4.78 is 17.4. The van der Waals surface area contributed by atoms with E-state index >= 15 is 0 Å². The maximum atomic E-state index is 12.8. The molecule has 0 N–H and O–H groups in total. The second-order valence-corrected chi connectivity index (χ2v) is 18.1. The van der Waals surface area contributed by atoms with Gasteiger partial charge >= 0.3 is 11.9 Å². The Morgan fingerprint density at radius 3 is 1.07 bits per heavy atom. The van der Waals surface area contributed by atoms with E-state index in [1.54, 1.807) is 0 Å². The van der Waals surface area contributed by atoms with Crippen molar-refractivity contribution in [2.45, 2.75) is 297 Å². The summed E-state index contributed by atoms with van der Waals surface area (Å²) in [4.78, 5) is 25.4. The Bertz CT molecular complexity index is 913. The van der Waals surface area contributed by atoms with E-state index in [9.17, 15) is 9.59 Å². The van der Waals surface area contributed by atoms with Gasteiger partial charge in [0, 0.05) is 19.4 Å². The number of rotatable bonds is 50. The van der Waals surface area contributed by atoms with Crippen molar-refractivity contribution >= 4 is 11.9 Å². The largest absolute Gasteiger partial charge is 0.462 e. The fraction of sp³-hybridized carbons (Fsp3) is 0.891. The highest BCUT2D eigenvalue weighted by Crippen LogP contribution is 2.16. The summed E-state index contributed by atoms with van der Waals surface area (Å²) in [6.45, 7) is 7.83. The van der Waals surface area contributed by atoms with Gasteiger partial charge in [-0.2, -0.15) is 0 Å². The van der Waals surface area contributed by atoms with Crippen molar-refractivity contribution in [3.63, 3.8) is 0 Å². The van der Waals surface area contributed by atoms with Gasteiger partial charge in [-0.3, -0.25) is 9.59 Å². The SMILES string of the molecule is CCCC/C=C\CCCCCCCC(=O)OC(COCCCCCCCCCC/C=C\CCCCCCCC)COC(=O)CCCCCCCCCCCCCCCCC. The first-order chi connectivity index (χ1) is 29.6. The van der Waals surface area contributed by atoms with Crippen LogP contribution in [0.25, 0.3) is 0 Å². The van der Waals surface area contributed by atoms with E-state index in [0.29, 0.717) is 19.4 Å². The lowest BCUT2D eigenvalue weighted by Gasteiger charge is -2.18. The average Bonchev–Trinajstić information content (AvgIpc) is 3.25. The zero-order valence-corrected chi connectivity index (χ0v) is 40.7. The highest BCUT2D eigenvalue weighted by molar-refractivity contribution is 5.70. The molecule has 60 heavy (non-hydrogen) atoms. The molecule has 0 saturated heterocycles. The van der Waals surface area contributed by atoms with Crippen molar-refractivity contribution in [2.75, 3.05) is 19.8 Å². The number of carbonyl (C=O) groups excluding carboxylic acids is 2. The van der Waals surface area contributed by atoms with Crippen molar-refractivity contribution in [2.24, 2.45) is 0 Å². The summed E-state index contributed by atoms with van der Waals surface area (Å²) in [6, 6.07) is 0. The van der Waals surface area contributed by atoms with Crippen LogP contribution in [-0.2, 0) is 23.8 Å². The lowest BCUT2D eigenvalue weighted by atomic mass is 10.0. The van der Waals surface area contributed by atoms with E-state index in [4.69, 9.17) is 14.2 Å². The summed E-state index contributed by atoms with van der Waals surface area (Å²) in [5.41, 5.74) is 0. The number of hydrogen-bond donors (Lipinski definition) is 0. The van der Waals surface area contributed by atoms with Gasteiger partial charge in [0.2, 0.25) is 0 Å². The average molecular weight is 845 g/mol. The molecule has 0 aliphatic carbocycles. The predicted molar refractivity (Wildman–Crippen MR) is 261 cm³/mol. The van der Waals surface area contributed by atoms with Crippen molar-refractivity contribution in [3.8, 4) is 0 Å². The Morgan fingerprint density at radius 1 is 0.350 bits per heavy atom. The number of esters is 2. The van der Waals surface area contributed by atoms with Crippen LogP contribution in [0.2, 0.25) is 0 Å². The molecular weight excluding hydrogens is 741 g/mol. The topological polar surface area (TPSA) is 61.8 Å². The van der Waals surface area contributed by atoms with Gasteiger partial charge in [-0.15, -0.1) is 0 Å². The first-order valence-corrected chi connectivity index (χ1v) is 26.9. The number of unbranched alkanes of at least 4 members (excludes halogenated alkanes) is 35. The molecule has 0 heterocycles. The van der Waals surface area contributed by atoms with Crippen LogP contribution in [-0.4, -0.2) is 37.9 Å². The lowest BCUT2D eigenvalue weighted by Crippen LogP contribution is -2.30. The Hall–Kier alpha value is -1.62. The van der Waals surface area contributed by atoms with Crippen LogP contribution in [0, 0.1) is 0 Å². The van der Waals surface area contributed by atoms with Crippen LogP contribution in [0.3, 0.4) is 0 Å². The molecule has 0 rings (SSSR count). The zero-order valence-electron chi connectivity index (χ0n) is 40.7. The van der Waals surface area contributed by atoms with E-state index in [1.807, 2.05) is 0 Å². The highest BCUT2D eigenvalue weighted by Gasteiger charge is 2.17. The number of ether oxygens (including phenoxy) is 3. The molecule has 0 amide bonds. The van der Waals surface area contributed by atoms with Gasteiger partial charge in [-0.1, -0.05) is 238 Å². The van der Waals surface area contributed by atoms with Crippen LogP contribution >= 0.6 is 0 Å². The smallest absolute Gasteiger partial charge is 0.306 e. The van der Waals surface area contributed by atoms with Gasteiger partial charge in [-0.25, -0.2) is 0 Å². The maximum Gasteiger partial charge on any atom is 0.306 e. The Kier molecular flexibility index (Phi) is 50.3. The number of carbonyl (C=O) groups is 2. The molecule has 1 unspecified atom stereocenters. The molecule has 0 aliphatic rings. The molecule has 0 radical (unpaired) electrons. The summed E-state index contributed by atoms with van der Waals surface area (Å²) >= 11 is 0. The summed E-state index contributed by atoms with van der Waals surface area (Å²) in [5, 5.41) is 0. The number of allylic oxidation sites excluding steroid dienone is 4. The highest BCUT2D eigenvalue weighted by atomic mass is 16.6. The van der Waals surface area contributed by atoms with Crippen molar-refractivity contribution in [1.29, 1.82) is 0 Å². The van der Waals surface area contributed by atoms with E-state index in [-0.39, 0.29) is 25.2 Å². The Balaban J connectivity index is 4.18. The standard InChI is InChI=1S/C55H104O5/c1-4-7-10-13-16-19-22-24-26-27-28-30-32-35-38-41-44-47-50-58-51-53(60-55(57)49-46-43-40-37-33-21-18-15-12-9-6-3)52-59-54(56)48-45-42-39-36-34-31-29-25-23-20-17-14-11-8-5-2/h15,18,24,26,53H,4-14,16-17,19-23,25,27-52H2,1-3H3/b18-15-,26-24-. The third-order valence-electron chi connectivity index (χ3n) is 12.0. The predicted octanol–water partition coefficient (Wildman–Crippen LogP) is 18.0. The number of hydrogen-bond acceptors (Lipinski definition) is 5. The molecule has 0 aliphatic heterocycles. The molecule has 0 aromatic rings. The molecule has 0 bridgehead atoms. The van der Waals surface area contributed by atoms with Gasteiger partial charge in [0.1, 0.15) is 6.61 Å². The molecule has 0 saturated carbocycles. The van der Waals surface area contributed by atoms with Gasteiger partial charge < -0.3 is 14.2 Å². The molecular formula is C55H104O5. The second-order valence-electron chi connectivity index (χ2n) is 18.1. The molecule has 354 valence electrons. The summed E-state index contributed by atoms with van der Waals surface area (Å²) in [6.07, 6.45) is 60.5. The molecule has 1 atom stereocenters. The van der Waals surface area contributed by atoms with Crippen LogP contribution in [0.5, 0.6) is 0 Å². The van der Waals surface area contributed by atoms with Crippen molar-refractivity contribution in [1.82, 2.24) is 0 Å². The third-order valence-corrected chi connectivity index (χ3v) is 12.0. The van der Waals surface area contributed by atoms with Crippen LogP contribution < -0.4 is 0 Å². The van der Waals surface area contributed by atoms with Gasteiger partial charge in [-0.05, 0) is 64.2 Å². The minimum Gasteiger partial charge on any atom is -0.462 e. The van der Waals surface area contributed by atoms with E-state index in [2.05, 4.69) is 45.1 Å². The van der Waals surface area contributed by atoms with Gasteiger partial charge in [0.25, 0.3) is 0 Å². The molecule has 0 spiro atoms. The van der Waals surface area contributed by atoms with Gasteiger partial charge in [0.15, 0.2) is 6.10 Å². The quantitative estimate of drug-likeness (QED) is 0.0347. The van der Waals surface area contributed by atoms with E-state index in [0.717, 1.165) is 51.4 Å². The van der Waals surface area contributed by atoms with E-state index < -0.39 is 6.10 Å². The molecule has 5 nitrogen and oxygen atoms in total. The molecule has 0 fully saturated rings. The van der Waals surface area contributed by atoms with Crippen molar-refractivity contribution < 1.29 is 23.8 Å². The fourth-order valence-corrected chi connectivity index (χ4v) is 7.90. The zero-order chi connectivity index (χ0) is 43.5. The van der Waals surface area contributed by atoms with Crippen LogP contribution in [0.4, 0.5) is 0 Å². The van der Waals surface area contributed by atoms with Crippen LogP contribution in [0.15, 0.2) is 24.3 Å². The second kappa shape index (κ2) is 51.7. The van der Waals surface area contributed by atoms with Gasteiger partial charge in [0.05, 0.1) is 6.61 Å². The minimum absolute atomic E-state index is 0.0873. The first-order valence-electron chi connectivity index (χ1n) is 26.9. The Morgan fingerprint density at radius 2 is 0.667 bits per heavy atom. The summed E-state index contributed by atoms with van der Waals surface area (Å²) in [5.74, 6) is -0.393. The molecule has 0 aromatic carbocycles. The lowest BCUT2D eigenvalue weighted by molar-refractivity contribution is -0.163. The maximum absolute atomic E-state index is 12.8. The monoisotopic (exact) mass is 845 g/mol. The summed E-state index contributed by atoms with van der Waals surface area (Å²) in [7, 11) is 0. The van der Waals surface area contributed by atoms with Crippen LogP contribution in [0.1, 0.15) is 290 Å². The molecule has 0 aromatic heterocycles. The van der Waals surface area contributed by atoms with Crippen molar-refractivity contribution in [3.05, 3.63) is 24.3 Å². The van der Waals surface area contributed by atoms with E-state index in [1.165, 1.54) is 205 Å². The molecule has 5 heteroatoms. The fourth-order valence-electron chi connectivity index (χ4n) is 7.90. The minimum atomic E-state index is -0.535.